The number of rotatable bonds is 6. The van der Waals surface area contributed by atoms with E-state index in [1.807, 2.05) is 65.6 Å². The zero-order valence-electron chi connectivity index (χ0n) is 11.2. The molecule has 2 aromatic rings. The van der Waals surface area contributed by atoms with Crippen molar-refractivity contribution in [3.8, 4) is 0 Å². The number of esters is 1. The molecular weight excluding hydrogens is 250 g/mol. The quantitative estimate of drug-likeness (QED) is 0.456. The molecule has 3 nitrogen and oxygen atoms in total. The molecule has 0 saturated carbocycles. The summed E-state index contributed by atoms with van der Waals surface area (Å²) < 4.78 is 5.15. The minimum Gasteiger partial charge on any atom is -0.441 e. The summed E-state index contributed by atoms with van der Waals surface area (Å²) in [5.41, 5.74) is 2.17. The van der Waals surface area contributed by atoms with Gasteiger partial charge in [0.05, 0.1) is 0 Å². The van der Waals surface area contributed by atoms with Crippen LogP contribution in [0.4, 0.5) is 5.69 Å². The molecular formula is C17H17NO2. The number of nitrogens with zero attached hydrogens (tertiary/aromatic N) is 1. The summed E-state index contributed by atoms with van der Waals surface area (Å²) in [6, 6.07) is 19.9. The van der Waals surface area contributed by atoms with Gasteiger partial charge in [0, 0.05) is 18.3 Å². The van der Waals surface area contributed by atoms with Gasteiger partial charge in [0.25, 0.3) is 0 Å². The van der Waals surface area contributed by atoms with E-state index >= 15 is 0 Å². The highest BCUT2D eigenvalue weighted by atomic mass is 16.5. The predicted octanol–water partition coefficient (Wildman–Crippen LogP) is 3.38. The third-order valence-electron chi connectivity index (χ3n) is 2.87. The van der Waals surface area contributed by atoms with E-state index in [1.54, 1.807) is 0 Å². The second kappa shape index (κ2) is 7.14. The van der Waals surface area contributed by atoms with Gasteiger partial charge in [-0.05, 0) is 17.7 Å². The van der Waals surface area contributed by atoms with Crippen molar-refractivity contribution in [3.05, 3.63) is 78.9 Å². The Balaban J connectivity index is 2.12. The third kappa shape index (κ3) is 3.99. The lowest BCUT2D eigenvalue weighted by molar-refractivity contribution is -0.137. The van der Waals surface area contributed by atoms with Crippen LogP contribution in [0, 0.1) is 0 Å². The minimum absolute atomic E-state index is 0.198. The summed E-state index contributed by atoms with van der Waals surface area (Å²) in [4.78, 5) is 13.2. The summed E-state index contributed by atoms with van der Waals surface area (Å²) in [7, 11) is 0. The molecule has 0 aliphatic rings. The van der Waals surface area contributed by atoms with E-state index in [2.05, 4.69) is 6.58 Å². The van der Waals surface area contributed by atoms with E-state index in [-0.39, 0.29) is 6.73 Å². The normalized spacial score (nSPS) is 9.80. The number of benzene rings is 2. The Hall–Kier alpha value is -2.55. The average molecular weight is 267 g/mol. The molecule has 0 aromatic heterocycles. The van der Waals surface area contributed by atoms with Crippen molar-refractivity contribution in [1.82, 2.24) is 0 Å². The molecule has 0 radical (unpaired) electrons. The van der Waals surface area contributed by atoms with Crippen LogP contribution >= 0.6 is 0 Å². The predicted molar refractivity (Wildman–Crippen MR) is 80.2 cm³/mol. The van der Waals surface area contributed by atoms with Crippen LogP contribution in [-0.2, 0) is 16.1 Å². The van der Waals surface area contributed by atoms with Crippen molar-refractivity contribution in [2.75, 3.05) is 11.6 Å². The van der Waals surface area contributed by atoms with Crippen LogP contribution in [0.5, 0.6) is 0 Å². The molecule has 2 aromatic carbocycles. The van der Waals surface area contributed by atoms with Crippen molar-refractivity contribution in [2.24, 2.45) is 0 Å². The van der Waals surface area contributed by atoms with Gasteiger partial charge in [-0.15, -0.1) is 0 Å². The van der Waals surface area contributed by atoms with Gasteiger partial charge in [0.1, 0.15) is 0 Å². The lowest BCUT2D eigenvalue weighted by atomic mass is 10.2. The summed E-state index contributed by atoms with van der Waals surface area (Å²) >= 11 is 0. The SMILES string of the molecule is C=CC(=O)OCN(Cc1ccccc1)c1ccccc1. The van der Waals surface area contributed by atoms with Crippen LogP contribution in [0.1, 0.15) is 5.56 Å². The standard InChI is InChI=1S/C17H17NO2/c1-2-17(19)20-14-18(16-11-7-4-8-12-16)13-15-9-5-3-6-10-15/h2-12H,1,13-14H2. The van der Waals surface area contributed by atoms with Crippen LogP contribution in [0.15, 0.2) is 73.3 Å². The molecule has 0 heterocycles. The van der Waals surface area contributed by atoms with Gasteiger partial charge in [0.15, 0.2) is 6.73 Å². The van der Waals surface area contributed by atoms with Crippen molar-refractivity contribution in [3.63, 3.8) is 0 Å². The maximum Gasteiger partial charge on any atom is 0.331 e. The van der Waals surface area contributed by atoms with Crippen LogP contribution in [0.25, 0.3) is 0 Å². The first-order valence-electron chi connectivity index (χ1n) is 6.42. The first kappa shape index (κ1) is 13.9. The smallest absolute Gasteiger partial charge is 0.331 e. The monoisotopic (exact) mass is 267 g/mol. The van der Waals surface area contributed by atoms with Gasteiger partial charge < -0.3 is 9.64 Å². The lowest BCUT2D eigenvalue weighted by Crippen LogP contribution is -2.27. The number of hydrogen-bond acceptors (Lipinski definition) is 3. The molecule has 0 saturated heterocycles. The lowest BCUT2D eigenvalue weighted by Gasteiger charge is -2.24. The molecule has 0 bridgehead atoms. The van der Waals surface area contributed by atoms with Gasteiger partial charge in [-0.3, -0.25) is 0 Å². The second-order valence-corrected chi connectivity index (χ2v) is 4.32. The van der Waals surface area contributed by atoms with E-state index in [4.69, 9.17) is 4.74 Å². The van der Waals surface area contributed by atoms with Crippen molar-refractivity contribution in [2.45, 2.75) is 6.54 Å². The van der Waals surface area contributed by atoms with Crippen molar-refractivity contribution >= 4 is 11.7 Å². The zero-order valence-corrected chi connectivity index (χ0v) is 11.2. The Labute approximate surface area is 119 Å². The largest absolute Gasteiger partial charge is 0.441 e. The number of hydrogen-bond donors (Lipinski definition) is 0. The Morgan fingerprint density at radius 2 is 1.65 bits per heavy atom. The average Bonchev–Trinajstić information content (AvgIpc) is 2.53. The Morgan fingerprint density at radius 1 is 1.05 bits per heavy atom. The van der Waals surface area contributed by atoms with Gasteiger partial charge in [0.2, 0.25) is 0 Å². The molecule has 0 atom stereocenters. The van der Waals surface area contributed by atoms with E-state index < -0.39 is 5.97 Å². The highest BCUT2D eigenvalue weighted by Crippen LogP contribution is 2.16. The van der Waals surface area contributed by atoms with Crippen LogP contribution in [0.3, 0.4) is 0 Å². The molecule has 0 aliphatic carbocycles. The molecule has 0 fully saturated rings. The van der Waals surface area contributed by atoms with Crippen LogP contribution in [-0.4, -0.2) is 12.7 Å². The number of carbonyl (C=O) groups excluding carboxylic acids is 1. The molecule has 102 valence electrons. The summed E-state index contributed by atoms with van der Waals surface area (Å²) in [5.74, 6) is -0.418. The van der Waals surface area contributed by atoms with Gasteiger partial charge in [-0.2, -0.15) is 0 Å². The van der Waals surface area contributed by atoms with E-state index in [0.29, 0.717) is 6.54 Å². The number of para-hydroxylation sites is 1. The first-order valence-corrected chi connectivity index (χ1v) is 6.42. The van der Waals surface area contributed by atoms with E-state index in [0.717, 1.165) is 11.3 Å². The maximum absolute atomic E-state index is 11.2. The van der Waals surface area contributed by atoms with Crippen molar-refractivity contribution in [1.29, 1.82) is 0 Å². The number of anilines is 1. The van der Waals surface area contributed by atoms with Gasteiger partial charge in [-0.1, -0.05) is 55.1 Å². The molecule has 0 spiro atoms. The molecule has 0 N–H and O–H groups in total. The fourth-order valence-electron chi connectivity index (χ4n) is 1.85. The highest BCUT2D eigenvalue weighted by molar-refractivity contribution is 5.81. The Bertz CT molecular complexity index is 552. The van der Waals surface area contributed by atoms with Crippen molar-refractivity contribution < 1.29 is 9.53 Å². The van der Waals surface area contributed by atoms with E-state index in [1.165, 1.54) is 6.08 Å². The zero-order chi connectivity index (χ0) is 14.2. The Kier molecular flexibility index (Phi) is 4.95. The fourth-order valence-corrected chi connectivity index (χ4v) is 1.85. The first-order chi connectivity index (χ1) is 9.79. The second-order valence-electron chi connectivity index (χ2n) is 4.32. The molecule has 0 amide bonds. The van der Waals surface area contributed by atoms with E-state index in [9.17, 15) is 4.79 Å². The molecule has 20 heavy (non-hydrogen) atoms. The molecule has 0 unspecified atom stereocenters. The topological polar surface area (TPSA) is 29.5 Å². The van der Waals surface area contributed by atoms with Crippen LogP contribution in [0.2, 0.25) is 0 Å². The highest BCUT2D eigenvalue weighted by Gasteiger charge is 2.08. The van der Waals surface area contributed by atoms with Gasteiger partial charge >= 0.3 is 5.97 Å². The maximum atomic E-state index is 11.2. The van der Waals surface area contributed by atoms with Crippen LogP contribution < -0.4 is 4.90 Å². The fraction of sp³-hybridized carbons (Fsp3) is 0.118. The number of carbonyl (C=O) groups is 1. The van der Waals surface area contributed by atoms with Gasteiger partial charge in [-0.25, -0.2) is 4.79 Å². The summed E-state index contributed by atoms with van der Waals surface area (Å²) in [6.45, 7) is 4.28. The molecule has 0 aliphatic heterocycles. The molecule has 2 rings (SSSR count). The molecule has 3 heteroatoms. The number of ether oxygens (including phenoxy) is 1. The Morgan fingerprint density at radius 3 is 2.25 bits per heavy atom. The summed E-state index contributed by atoms with van der Waals surface area (Å²) in [5, 5.41) is 0. The minimum atomic E-state index is -0.418. The summed E-state index contributed by atoms with van der Waals surface area (Å²) in [6.07, 6.45) is 1.17. The third-order valence-corrected chi connectivity index (χ3v) is 2.87.